The number of aliphatic hydroxyl groups is 2. The topological polar surface area (TPSA) is 90.8 Å². The number of carbonyl (C=O) groups excluding carboxylic acids is 1. The van der Waals surface area contributed by atoms with Crippen molar-refractivity contribution in [2.75, 3.05) is 25.1 Å². The number of fused-ring (bicyclic) bond motifs is 1. The van der Waals surface area contributed by atoms with Gasteiger partial charge in [0, 0.05) is 23.8 Å². The fourth-order valence-corrected chi connectivity index (χ4v) is 3.90. The standard InChI is InChI=1S/C29H30N2O4/c32-19-24(30-18-25(33)20-35-26-9-2-1-3-10-26)17-21-13-15-23(16-14-21)31-29(34)28-12-6-8-22-7-4-5-11-27(22)28/h1-16,24-25,30,32-33H,17-20H2,(H,31,34)/t24-,25-/m0/s1. The summed E-state index contributed by atoms with van der Waals surface area (Å²) in [5, 5.41) is 28.0. The van der Waals surface area contributed by atoms with E-state index in [-0.39, 0.29) is 25.2 Å². The van der Waals surface area contributed by atoms with Crippen LogP contribution in [0.5, 0.6) is 5.75 Å². The van der Waals surface area contributed by atoms with Crippen LogP contribution in [0, 0.1) is 0 Å². The number of benzene rings is 4. The Bertz CT molecular complexity index is 1220. The SMILES string of the molecule is O=C(Nc1ccc(C[C@@H](CO)NC[C@H](O)COc2ccccc2)cc1)c1cccc2ccccc12. The molecule has 0 aliphatic heterocycles. The molecule has 0 saturated heterocycles. The van der Waals surface area contributed by atoms with Crippen LogP contribution in [-0.4, -0.2) is 48.0 Å². The fraction of sp³-hybridized carbons (Fsp3) is 0.207. The lowest BCUT2D eigenvalue weighted by Crippen LogP contribution is -2.41. The number of anilines is 1. The van der Waals surface area contributed by atoms with E-state index in [1.165, 1.54) is 0 Å². The second-order valence-corrected chi connectivity index (χ2v) is 8.45. The number of aliphatic hydroxyl groups excluding tert-OH is 2. The maximum atomic E-state index is 12.8. The molecule has 0 aliphatic rings. The van der Waals surface area contributed by atoms with Gasteiger partial charge in [-0.25, -0.2) is 0 Å². The monoisotopic (exact) mass is 470 g/mol. The van der Waals surface area contributed by atoms with Crippen LogP contribution < -0.4 is 15.4 Å². The Hall–Kier alpha value is -3.71. The lowest BCUT2D eigenvalue weighted by Gasteiger charge is -2.19. The molecule has 0 bridgehead atoms. The average Bonchev–Trinajstić information content (AvgIpc) is 2.91. The van der Waals surface area contributed by atoms with Gasteiger partial charge in [-0.15, -0.1) is 0 Å². The van der Waals surface area contributed by atoms with Gasteiger partial charge in [-0.05, 0) is 53.1 Å². The molecule has 0 heterocycles. The van der Waals surface area contributed by atoms with Crippen molar-refractivity contribution in [3.05, 3.63) is 108 Å². The highest BCUT2D eigenvalue weighted by Crippen LogP contribution is 2.20. The third-order valence-corrected chi connectivity index (χ3v) is 5.78. The number of nitrogens with one attached hydrogen (secondary N) is 2. The van der Waals surface area contributed by atoms with Crippen LogP contribution in [-0.2, 0) is 6.42 Å². The van der Waals surface area contributed by atoms with Gasteiger partial charge in [0.25, 0.3) is 5.91 Å². The molecule has 0 aromatic heterocycles. The second kappa shape index (κ2) is 12.1. The number of hydrogen-bond acceptors (Lipinski definition) is 5. The van der Waals surface area contributed by atoms with Crippen molar-refractivity contribution in [3.63, 3.8) is 0 Å². The Morgan fingerprint density at radius 3 is 2.34 bits per heavy atom. The van der Waals surface area contributed by atoms with E-state index in [1.54, 1.807) is 0 Å². The maximum absolute atomic E-state index is 12.8. The highest BCUT2D eigenvalue weighted by atomic mass is 16.5. The van der Waals surface area contributed by atoms with E-state index in [2.05, 4.69) is 10.6 Å². The van der Waals surface area contributed by atoms with Crippen LogP contribution in [0.1, 0.15) is 15.9 Å². The summed E-state index contributed by atoms with van der Waals surface area (Å²) in [7, 11) is 0. The summed E-state index contributed by atoms with van der Waals surface area (Å²) in [5.41, 5.74) is 2.34. The van der Waals surface area contributed by atoms with Crippen LogP contribution in [0.3, 0.4) is 0 Å². The molecule has 4 aromatic carbocycles. The average molecular weight is 471 g/mol. The number of amides is 1. The van der Waals surface area contributed by atoms with E-state index in [1.807, 2.05) is 97.1 Å². The van der Waals surface area contributed by atoms with Gasteiger partial charge in [0.05, 0.1) is 6.61 Å². The molecule has 0 saturated carbocycles. The van der Waals surface area contributed by atoms with Crippen molar-refractivity contribution in [3.8, 4) is 5.75 Å². The molecule has 4 N–H and O–H groups in total. The maximum Gasteiger partial charge on any atom is 0.256 e. The number of hydrogen-bond donors (Lipinski definition) is 4. The Labute approximate surface area is 205 Å². The number of ether oxygens (including phenoxy) is 1. The van der Waals surface area contributed by atoms with Crippen molar-refractivity contribution in [1.29, 1.82) is 0 Å². The van der Waals surface area contributed by atoms with Crippen LogP contribution >= 0.6 is 0 Å². The van der Waals surface area contributed by atoms with Gasteiger partial charge < -0.3 is 25.6 Å². The minimum atomic E-state index is -0.698. The van der Waals surface area contributed by atoms with Crippen LogP contribution in [0.15, 0.2) is 97.1 Å². The lowest BCUT2D eigenvalue weighted by molar-refractivity contribution is 0.0997. The van der Waals surface area contributed by atoms with Gasteiger partial charge in [0.15, 0.2) is 0 Å². The fourth-order valence-electron chi connectivity index (χ4n) is 3.90. The van der Waals surface area contributed by atoms with Crippen molar-refractivity contribution in [1.82, 2.24) is 5.32 Å². The molecule has 0 unspecified atom stereocenters. The predicted octanol–water partition coefficient (Wildman–Crippen LogP) is 4.03. The lowest BCUT2D eigenvalue weighted by atomic mass is 10.0. The number of rotatable bonds is 11. The van der Waals surface area contributed by atoms with Gasteiger partial charge in [-0.1, -0.05) is 66.7 Å². The molecule has 6 nitrogen and oxygen atoms in total. The van der Waals surface area contributed by atoms with E-state index in [0.717, 1.165) is 16.3 Å². The van der Waals surface area contributed by atoms with E-state index in [0.29, 0.717) is 30.0 Å². The Balaban J connectivity index is 1.27. The van der Waals surface area contributed by atoms with Gasteiger partial charge in [-0.2, -0.15) is 0 Å². The van der Waals surface area contributed by atoms with Crippen LogP contribution in [0.4, 0.5) is 5.69 Å². The minimum Gasteiger partial charge on any atom is -0.491 e. The van der Waals surface area contributed by atoms with E-state index >= 15 is 0 Å². The summed E-state index contributed by atoms with van der Waals surface area (Å²) in [6.07, 6.45) is -0.115. The zero-order chi connectivity index (χ0) is 24.5. The zero-order valence-corrected chi connectivity index (χ0v) is 19.4. The zero-order valence-electron chi connectivity index (χ0n) is 19.4. The molecular formula is C29H30N2O4. The normalized spacial score (nSPS) is 12.7. The molecule has 4 rings (SSSR count). The second-order valence-electron chi connectivity index (χ2n) is 8.45. The van der Waals surface area contributed by atoms with Gasteiger partial charge in [0.1, 0.15) is 18.5 Å². The third kappa shape index (κ3) is 6.90. The third-order valence-electron chi connectivity index (χ3n) is 5.78. The minimum absolute atomic E-state index is 0.0637. The quantitative estimate of drug-likeness (QED) is 0.266. The predicted molar refractivity (Wildman–Crippen MR) is 139 cm³/mol. The molecule has 0 aliphatic carbocycles. The summed E-state index contributed by atoms with van der Waals surface area (Å²) in [6, 6.07) is 30.2. The molecule has 180 valence electrons. The molecule has 0 spiro atoms. The molecule has 0 fully saturated rings. The largest absolute Gasteiger partial charge is 0.491 e. The summed E-state index contributed by atoms with van der Waals surface area (Å²) >= 11 is 0. The molecule has 4 aromatic rings. The summed E-state index contributed by atoms with van der Waals surface area (Å²) in [6.45, 7) is 0.406. The highest BCUT2D eigenvalue weighted by molar-refractivity contribution is 6.12. The first kappa shape index (κ1) is 24.4. The van der Waals surface area contributed by atoms with Gasteiger partial charge in [0.2, 0.25) is 0 Å². The number of para-hydroxylation sites is 1. The van der Waals surface area contributed by atoms with Gasteiger partial charge >= 0.3 is 0 Å². The van der Waals surface area contributed by atoms with Crippen molar-refractivity contribution < 1.29 is 19.7 Å². The molecule has 6 heteroatoms. The molecule has 0 radical (unpaired) electrons. The molecule has 35 heavy (non-hydrogen) atoms. The number of carbonyl (C=O) groups is 1. The summed E-state index contributed by atoms with van der Waals surface area (Å²) in [4.78, 5) is 12.8. The van der Waals surface area contributed by atoms with Crippen LogP contribution in [0.25, 0.3) is 10.8 Å². The first-order chi connectivity index (χ1) is 17.1. The molecule has 1 amide bonds. The Kier molecular flexibility index (Phi) is 8.46. The Morgan fingerprint density at radius 2 is 1.57 bits per heavy atom. The molecular weight excluding hydrogens is 440 g/mol. The molecule has 2 atom stereocenters. The van der Waals surface area contributed by atoms with Crippen LogP contribution in [0.2, 0.25) is 0 Å². The van der Waals surface area contributed by atoms with Crippen molar-refractivity contribution in [2.45, 2.75) is 18.6 Å². The summed E-state index contributed by atoms with van der Waals surface area (Å²) in [5.74, 6) is 0.550. The smallest absolute Gasteiger partial charge is 0.256 e. The summed E-state index contributed by atoms with van der Waals surface area (Å²) < 4.78 is 5.57. The highest BCUT2D eigenvalue weighted by Gasteiger charge is 2.13. The van der Waals surface area contributed by atoms with Crippen molar-refractivity contribution in [2.24, 2.45) is 0 Å². The van der Waals surface area contributed by atoms with Crippen molar-refractivity contribution >= 4 is 22.4 Å². The van der Waals surface area contributed by atoms with Gasteiger partial charge in [-0.3, -0.25) is 4.79 Å². The first-order valence-corrected chi connectivity index (χ1v) is 11.7. The van der Waals surface area contributed by atoms with E-state index in [9.17, 15) is 15.0 Å². The first-order valence-electron chi connectivity index (χ1n) is 11.7. The van der Waals surface area contributed by atoms with E-state index < -0.39 is 6.10 Å². The Morgan fingerprint density at radius 1 is 0.857 bits per heavy atom. The van der Waals surface area contributed by atoms with E-state index in [4.69, 9.17) is 4.74 Å².